The van der Waals surface area contributed by atoms with Crippen molar-refractivity contribution >= 4 is 26.7 Å². The highest BCUT2D eigenvalue weighted by Crippen LogP contribution is 2.49. The van der Waals surface area contributed by atoms with Crippen LogP contribution in [0.15, 0.2) is 42.5 Å². The van der Waals surface area contributed by atoms with E-state index in [1.54, 1.807) is 0 Å². The second-order valence-electron chi connectivity index (χ2n) is 5.68. The van der Waals surface area contributed by atoms with Crippen LogP contribution in [0, 0.1) is 5.92 Å². The van der Waals surface area contributed by atoms with Gasteiger partial charge in [-0.3, -0.25) is 4.79 Å². The largest absolute Gasteiger partial charge is 0.355 e. The molecule has 1 saturated carbocycles. The Hall–Kier alpha value is -1.92. The number of carbonyl (C=O) groups is 1. The number of amides is 1. The molecule has 0 heterocycles. The fourth-order valence-corrected chi connectivity index (χ4v) is 3.24. The molecular weight excluding hydrogens is 300 g/mol. The van der Waals surface area contributed by atoms with Crippen molar-refractivity contribution in [2.75, 3.05) is 12.3 Å². The lowest BCUT2D eigenvalue weighted by atomic mass is 10.00. The summed E-state index contributed by atoms with van der Waals surface area (Å²) < 4.78 is 21.7. The van der Waals surface area contributed by atoms with Gasteiger partial charge in [-0.1, -0.05) is 42.5 Å². The maximum Gasteiger partial charge on any atom is 0.223 e. The van der Waals surface area contributed by atoms with Crippen LogP contribution in [0.3, 0.4) is 0 Å². The molecule has 2 atom stereocenters. The Morgan fingerprint density at radius 1 is 1.18 bits per heavy atom. The van der Waals surface area contributed by atoms with Crippen molar-refractivity contribution in [3.05, 3.63) is 48.0 Å². The smallest absolute Gasteiger partial charge is 0.223 e. The van der Waals surface area contributed by atoms with Crippen LogP contribution in [0.2, 0.25) is 0 Å². The van der Waals surface area contributed by atoms with Gasteiger partial charge in [0.15, 0.2) is 0 Å². The van der Waals surface area contributed by atoms with Gasteiger partial charge in [0, 0.05) is 12.5 Å². The number of carbonyl (C=O) groups excluding carboxylic acids is 1. The molecule has 1 aliphatic rings. The number of primary sulfonamides is 1. The quantitative estimate of drug-likeness (QED) is 0.872. The Morgan fingerprint density at radius 3 is 2.68 bits per heavy atom. The molecule has 0 bridgehead atoms. The third-order valence-corrected chi connectivity index (χ3v) is 4.81. The van der Waals surface area contributed by atoms with Crippen molar-refractivity contribution < 1.29 is 13.2 Å². The van der Waals surface area contributed by atoms with Gasteiger partial charge in [0.1, 0.15) is 0 Å². The van der Waals surface area contributed by atoms with Gasteiger partial charge < -0.3 is 5.32 Å². The number of rotatable bonds is 5. The highest BCUT2D eigenvalue weighted by Gasteiger charge is 2.44. The molecule has 0 unspecified atom stereocenters. The number of nitrogens with one attached hydrogen (secondary N) is 1. The van der Waals surface area contributed by atoms with Gasteiger partial charge in [-0.05, 0) is 28.7 Å². The van der Waals surface area contributed by atoms with Crippen molar-refractivity contribution in [3.63, 3.8) is 0 Å². The van der Waals surface area contributed by atoms with E-state index < -0.39 is 10.0 Å². The zero-order valence-corrected chi connectivity index (χ0v) is 12.8. The Balaban J connectivity index is 1.67. The summed E-state index contributed by atoms with van der Waals surface area (Å²) in [5.41, 5.74) is 1.18. The van der Waals surface area contributed by atoms with Crippen molar-refractivity contribution in [1.82, 2.24) is 5.32 Å². The second-order valence-corrected chi connectivity index (χ2v) is 7.41. The molecular formula is C16H18N2O3S. The average Bonchev–Trinajstić information content (AvgIpc) is 3.25. The molecule has 1 fully saturated rings. The number of fused-ring (bicyclic) bond motifs is 1. The first kappa shape index (κ1) is 15.0. The average molecular weight is 318 g/mol. The topological polar surface area (TPSA) is 89.3 Å². The van der Waals surface area contributed by atoms with E-state index >= 15 is 0 Å². The lowest BCUT2D eigenvalue weighted by Gasteiger charge is -2.07. The Kier molecular flexibility index (Phi) is 3.88. The summed E-state index contributed by atoms with van der Waals surface area (Å²) in [6, 6.07) is 14.2. The first-order chi connectivity index (χ1) is 10.5. The molecule has 1 amide bonds. The number of nitrogens with two attached hydrogens (primary N) is 1. The molecule has 5 nitrogen and oxygen atoms in total. The van der Waals surface area contributed by atoms with Gasteiger partial charge >= 0.3 is 0 Å². The van der Waals surface area contributed by atoms with E-state index in [1.807, 2.05) is 18.2 Å². The zero-order valence-electron chi connectivity index (χ0n) is 12.0. The predicted octanol–water partition coefficient (Wildman–Crippen LogP) is 1.35. The highest BCUT2D eigenvalue weighted by atomic mass is 32.2. The van der Waals surface area contributed by atoms with E-state index in [2.05, 4.69) is 29.6 Å². The van der Waals surface area contributed by atoms with Crippen molar-refractivity contribution in [1.29, 1.82) is 0 Å². The third-order valence-electron chi connectivity index (χ3n) is 4.04. The van der Waals surface area contributed by atoms with Crippen LogP contribution >= 0.6 is 0 Å². The van der Waals surface area contributed by atoms with Crippen LogP contribution in [0.5, 0.6) is 0 Å². The van der Waals surface area contributed by atoms with Crippen molar-refractivity contribution in [2.45, 2.75) is 12.3 Å². The third kappa shape index (κ3) is 3.28. The second kappa shape index (κ2) is 5.70. The number of sulfonamides is 1. The molecule has 3 rings (SSSR count). The maximum atomic E-state index is 12.1. The summed E-state index contributed by atoms with van der Waals surface area (Å²) in [5, 5.41) is 9.91. The molecule has 2 aromatic carbocycles. The summed E-state index contributed by atoms with van der Waals surface area (Å²) in [6.07, 6.45) is 0.801. The van der Waals surface area contributed by atoms with E-state index in [0.717, 1.165) is 6.42 Å². The molecule has 2 aromatic rings. The Labute approximate surface area is 129 Å². The van der Waals surface area contributed by atoms with E-state index in [0.29, 0.717) is 0 Å². The van der Waals surface area contributed by atoms with Gasteiger partial charge in [0.25, 0.3) is 0 Å². The summed E-state index contributed by atoms with van der Waals surface area (Å²) >= 11 is 0. The summed E-state index contributed by atoms with van der Waals surface area (Å²) in [6.45, 7) is 0.0659. The molecule has 0 aliphatic heterocycles. The predicted molar refractivity (Wildman–Crippen MR) is 85.8 cm³/mol. The number of benzene rings is 2. The SMILES string of the molecule is NS(=O)(=O)CCNC(=O)[C@H]1C[C@H]1c1cccc2ccccc12. The van der Waals surface area contributed by atoms with E-state index in [9.17, 15) is 13.2 Å². The minimum Gasteiger partial charge on any atom is -0.355 e. The van der Waals surface area contributed by atoms with Crippen LogP contribution in [0.25, 0.3) is 10.8 Å². The molecule has 3 N–H and O–H groups in total. The molecule has 0 aromatic heterocycles. The summed E-state index contributed by atoms with van der Waals surface area (Å²) in [7, 11) is -3.53. The maximum absolute atomic E-state index is 12.1. The van der Waals surface area contributed by atoms with E-state index in [4.69, 9.17) is 5.14 Å². The van der Waals surface area contributed by atoms with Crippen LogP contribution in [-0.2, 0) is 14.8 Å². The zero-order chi connectivity index (χ0) is 15.7. The Morgan fingerprint density at radius 2 is 1.91 bits per heavy atom. The minimum absolute atomic E-state index is 0.0659. The van der Waals surface area contributed by atoms with Crippen LogP contribution in [0.1, 0.15) is 17.9 Å². The van der Waals surface area contributed by atoms with Gasteiger partial charge in [-0.15, -0.1) is 0 Å². The first-order valence-corrected chi connectivity index (χ1v) is 8.93. The Bertz CT molecular complexity index is 812. The number of hydrogen-bond donors (Lipinski definition) is 2. The standard InChI is InChI=1S/C16H18N2O3S/c17-22(20,21)9-8-18-16(19)15-10-14(15)13-7-3-5-11-4-1-2-6-12(11)13/h1-7,14-15H,8-10H2,(H,18,19)(H2,17,20,21)/t14-,15-/m0/s1. The summed E-state index contributed by atoms with van der Waals surface area (Å²) in [5.74, 6) is -0.196. The molecule has 22 heavy (non-hydrogen) atoms. The highest BCUT2D eigenvalue weighted by molar-refractivity contribution is 7.89. The first-order valence-electron chi connectivity index (χ1n) is 7.21. The minimum atomic E-state index is -3.53. The van der Waals surface area contributed by atoms with Crippen LogP contribution < -0.4 is 10.5 Å². The molecule has 116 valence electrons. The lowest BCUT2D eigenvalue weighted by Crippen LogP contribution is -2.32. The number of hydrogen-bond acceptors (Lipinski definition) is 3. The lowest BCUT2D eigenvalue weighted by molar-refractivity contribution is -0.122. The molecule has 0 spiro atoms. The van der Waals surface area contributed by atoms with Gasteiger partial charge in [0.05, 0.1) is 5.75 Å². The van der Waals surface area contributed by atoms with E-state index in [-0.39, 0.29) is 30.0 Å². The molecule has 0 saturated heterocycles. The van der Waals surface area contributed by atoms with Gasteiger partial charge in [-0.25, -0.2) is 13.6 Å². The molecule has 1 aliphatic carbocycles. The summed E-state index contributed by atoms with van der Waals surface area (Å²) in [4.78, 5) is 12.1. The van der Waals surface area contributed by atoms with Crippen molar-refractivity contribution in [2.24, 2.45) is 11.1 Å². The normalized spacial score (nSPS) is 20.8. The van der Waals surface area contributed by atoms with Crippen molar-refractivity contribution in [3.8, 4) is 0 Å². The monoisotopic (exact) mass is 318 g/mol. The fraction of sp³-hybridized carbons (Fsp3) is 0.312. The van der Waals surface area contributed by atoms with E-state index in [1.165, 1.54) is 16.3 Å². The molecule has 6 heteroatoms. The van der Waals surface area contributed by atoms with Crippen LogP contribution in [0.4, 0.5) is 0 Å². The fourth-order valence-electron chi connectivity index (χ4n) is 2.85. The van der Waals surface area contributed by atoms with Gasteiger partial charge in [-0.2, -0.15) is 0 Å². The van der Waals surface area contributed by atoms with Crippen LogP contribution in [-0.4, -0.2) is 26.6 Å². The molecule has 0 radical (unpaired) electrons. The van der Waals surface area contributed by atoms with Gasteiger partial charge in [0.2, 0.25) is 15.9 Å².